The van der Waals surface area contributed by atoms with Gasteiger partial charge in [0.2, 0.25) is 5.91 Å². The van der Waals surface area contributed by atoms with Crippen molar-refractivity contribution in [2.24, 2.45) is 0 Å². The van der Waals surface area contributed by atoms with Crippen LogP contribution in [0.3, 0.4) is 0 Å². The maximum absolute atomic E-state index is 13.0. The molecular formula is C28H37N3O3S. The Hall–Kier alpha value is -2.22. The Labute approximate surface area is 209 Å². The van der Waals surface area contributed by atoms with Gasteiger partial charge >= 0.3 is 0 Å². The molecule has 6 nitrogen and oxygen atoms in total. The largest absolute Gasteiger partial charge is 0.339 e. The van der Waals surface area contributed by atoms with Crippen molar-refractivity contribution < 1.29 is 13.2 Å². The first-order valence-corrected chi connectivity index (χ1v) is 14.9. The Bertz CT molecular complexity index is 1170. The number of benzene rings is 2. The average Bonchev–Trinajstić information content (AvgIpc) is 2.88. The molecule has 1 aliphatic carbocycles. The summed E-state index contributed by atoms with van der Waals surface area (Å²) in [5.41, 5.74) is 4.50. The van der Waals surface area contributed by atoms with Crippen molar-refractivity contribution in [3.63, 3.8) is 0 Å². The van der Waals surface area contributed by atoms with Gasteiger partial charge in [-0.05, 0) is 53.6 Å². The van der Waals surface area contributed by atoms with Crippen LogP contribution in [-0.2, 0) is 27.6 Å². The first-order chi connectivity index (χ1) is 16.9. The van der Waals surface area contributed by atoms with Crippen molar-refractivity contribution in [3.8, 4) is 11.1 Å². The topological polar surface area (TPSA) is 60.9 Å². The third-order valence-electron chi connectivity index (χ3n) is 8.01. The van der Waals surface area contributed by atoms with E-state index < -0.39 is 9.84 Å². The maximum Gasteiger partial charge on any atom is 0.236 e. The quantitative estimate of drug-likeness (QED) is 0.635. The molecule has 0 spiro atoms. The number of hydrogen-bond donors (Lipinski definition) is 0. The predicted molar refractivity (Wildman–Crippen MR) is 139 cm³/mol. The van der Waals surface area contributed by atoms with Crippen molar-refractivity contribution in [1.29, 1.82) is 0 Å². The number of fused-ring (bicyclic) bond motifs is 1. The lowest BCUT2D eigenvalue weighted by atomic mass is 9.94. The first kappa shape index (κ1) is 24.5. The Morgan fingerprint density at radius 3 is 2.37 bits per heavy atom. The van der Waals surface area contributed by atoms with Crippen molar-refractivity contribution >= 4 is 15.7 Å². The lowest BCUT2D eigenvalue weighted by Crippen LogP contribution is -2.54. The third kappa shape index (κ3) is 5.79. The summed E-state index contributed by atoms with van der Waals surface area (Å²) in [6.45, 7) is 5.89. The van der Waals surface area contributed by atoms with E-state index in [1.807, 2.05) is 6.07 Å². The van der Waals surface area contributed by atoms with Crippen LogP contribution >= 0.6 is 0 Å². The molecule has 1 amide bonds. The van der Waals surface area contributed by atoms with Crippen LogP contribution in [0.1, 0.15) is 43.2 Å². The van der Waals surface area contributed by atoms with E-state index in [0.29, 0.717) is 11.4 Å². The minimum absolute atomic E-state index is 0.256. The molecule has 2 aromatic carbocycles. The Balaban J connectivity index is 1.17. The fourth-order valence-corrected chi connectivity index (χ4v) is 6.57. The Morgan fingerprint density at radius 2 is 1.63 bits per heavy atom. The fourth-order valence-electron chi connectivity index (χ4n) is 5.91. The standard InChI is InChI=1S/C28H37N3O3S/c1-35(33,34)27-9-5-6-22(19-27)23-10-11-25-20-29(13-12-24(25)18-23)21-28(32)31-16-14-30(15-17-31)26-7-3-2-4-8-26/h5-6,9-11,18-19,26H,2-4,7-8,12-17,20-21H2,1H3. The summed E-state index contributed by atoms with van der Waals surface area (Å²) in [7, 11) is -3.23. The summed E-state index contributed by atoms with van der Waals surface area (Å²) >= 11 is 0. The number of sulfone groups is 1. The van der Waals surface area contributed by atoms with Gasteiger partial charge in [-0.3, -0.25) is 14.6 Å². The molecule has 2 aromatic rings. The van der Waals surface area contributed by atoms with Gasteiger partial charge in [-0.25, -0.2) is 8.42 Å². The van der Waals surface area contributed by atoms with E-state index in [1.165, 1.54) is 49.5 Å². The highest BCUT2D eigenvalue weighted by molar-refractivity contribution is 7.90. The highest BCUT2D eigenvalue weighted by Gasteiger charge is 2.28. The van der Waals surface area contributed by atoms with Gasteiger partial charge in [0, 0.05) is 51.6 Å². The highest BCUT2D eigenvalue weighted by atomic mass is 32.2. The monoisotopic (exact) mass is 495 g/mol. The molecule has 0 bridgehead atoms. The zero-order valence-electron chi connectivity index (χ0n) is 20.8. The fraction of sp³-hybridized carbons (Fsp3) is 0.536. The summed E-state index contributed by atoms with van der Waals surface area (Å²) in [4.78, 5) is 20.3. The molecule has 0 atom stereocenters. The lowest BCUT2D eigenvalue weighted by Gasteiger charge is -2.41. The molecule has 0 radical (unpaired) electrons. The smallest absolute Gasteiger partial charge is 0.236 e. The minimum atomic E-state index is -3.23. The molecule has 1 saturated heterocycles. The lowest BCUT2D eigenvalue weighted by molar-refractivity contribution is -0.134. The van der Waals surface area contributed by atoms with Crippen LogP contribution in [0.15, 0.2) is 47.4 Å². The number of carbonyl (C=O) groups is 1. The molecular weight excluding hydrogens is 458 g/mol. The normalized spacial score (nSPS) is 20.5. The molecule has 1 saturated carbocycles. The number of amides is 1. The molecule has 35 heavy (non-hydrogen) atoms. The number of carbonyl (C=O) groups excluding carboxylic acids is 1. The number of nitrogens with zero attached hydrogens (tertiary/aromatic N) is 3. The number of rotatable bonds is 5. The average molecular weight is 496 g/mol. The number of piperazine rings is 1. The maximum atomic E-state index is 13.0. The zero-order valence-corrected chi connectivity index (χ0v) is 21.6. The second-order valence-electron chi connectivity index (χ2n) is 10.5. The molecule has 188 valence electrons. The van der Waals surface area contributed by atoms with Gasteiger partial charge in [0.25, 0.3) is 0 Å². The van der Waals surface area contributed by atoms with Crippen LogP contribution < -0.4 is 0 Å². The second kappa shape index (κ2) is 10.4. The Morgan fingerprint density at radius 1 is 0.886 bits per heavy atom. The van der Waals surface area contributed by atoms with E-state index in [-0.39, 0.29) is 5.91 Å². The van der Waals surface area contributed by atoms with Crippen LogP contribution in [0.25, 0.3) is 11.1 Å². The van der Waals surface area contributed by atoms with E-state index in [9.17, 15) is 13.2 Å². The van der Waals surface area contributed by atoms with Crippen molar-refractivity contribution in [1.82, 2.24) is 14.7 Å². The zero-order chi connectivity index (χ0) is 24.4. The predicted octanol–water partition coefficient (Wildman–Crippen LogP) is 3.59. The van der Waals surface area contributed by atoms with Crippen LogP contribution in [0, 0.1) is 0 Å². The van der Waals surface area contributed by atoms with Crippen molar-refractivity contribution in [2.75, 3.05) is 45.5 Å². The van der Waals surface area contributed by atoms with Crippen molar-refractivity contribution in [3.05, 3.63) is 53.6 Å². The van der Waals surface area contributed by atoms with Gasteiger partial charge in [-0.1, -0.05) is 49.6 Å². The van der Waals surface area contributed by atoms with E-state index in [4.69, 9.17) is 0 Å². The van der Waals surface area contributed by atoms with E-state index in [2.05, 4.69) is 32.9 Å². The van der Waals surface area contributed by atoms with Gasteiger partial charge in [0.15, 0.2) is 9.84 Å². The minimum Gasteiger partial charge on any atom is -0.339 e. The van der Waals surface area contributed by atoms with Gasteiger partial charge in [-0.15, -0.1) is 0 Å². The van der Waals surface area contributed by atoms with Gasteiger partial charge in [-0.2, -0.15) is 0 Å². The van der Waals surface area contributed by atoms with E-state index in [1.54, 1.807) is 18.2 Å². The number of hydrogen-bond acceptors (Lipinski definition) is 5. The summed E-state index contributed by atoms with van der Waals surface area (Å²) in [6.07, 6.45) is 8.89. The highest BCUT2D eigenvalue weighted by Crippen LogP contribution is 2.28. The molecule has 3 aliphatic rings. The van der Waals surface area contributed by atoms with Crippen LogP contribution in [0.5, 0.6) is 0 Å². The van der Waals surface area contributed by atoms with Crippen molar-refractivity contribution in [2.45, 2.75) is 56.0 Å². The molecule has 0 aromatic heterocycles. The summed E-state index contributed by atoms with van der Waals surface area (Å²) in [5.74, 6) is 0.256. The molecule has 0 N–H and O–H groups in total. The van der Waals surface area contributed by atoms with E-state index >= 15 is 0 Å². The van der Waals surface area contributed by atoms with Crippen LogP contribution in [-0.4, -0.2) is 80.6 Å². The molecule has 0 unspecified atom stereocenters. The van der Waals surface area contributed by atoms with Gasteiger partial charge < -0.3 is 4.90 Å². The van der Waals surface area contributed by atoms with Gasteiger partial charge in [0.1, 0.15) is 0 Å². The summed E-state index contributed by atoms with van der Waals surface area (Å²) in [5, 5.41) is 0. The molecule has 2 fully saturated rings. The first-order valence-electron chi connectivity index (χ1n) is 13.0. The van der Waals surface area contributed by atoms with Crippen LogP contribution in [0.4, 0.5) is 0 Å². The molecule has 7 heteroatoms. The van der Waals surface area contributed by atoms with E-state index in [0.717, 1.165) is 62.9 Å². The Kier molecular flexibility index (Phi) is 7.28. The van der Waals surface area contributed by atoms with Crippen LogP contribution in [0.2, 0.25) is 0 Å². The summed E-state index contributed by atoms with van der Waals surface area (Å²) < 4.78 is 23.9. The summed E-state index contributed by atoms with van der Waals surface area (Å²) in [6, 6.07) is 14.3. The molecule has 2 heterocycles. The van der Waals surface area contributed by atoms with Gasteiger partial charge in [0.05, 0.1) is 11.4 Å². The molecule has 5 rings (SSSR count). The second-order valence-corrected chi connectivity index (χ2v) is 12.5. The SMILES string of the molecule is CS(=O)(=O)c1cccc(-c2ccc3c(c2)CCN(CC(=O)N2CCN(C4CCCCC4)CC2)C3)c1. The molecule has 2 aliphatic heterocycles. The third-order valence-corrected chi connectivity index (χ3v) is 9.12.